The predicted octanol–water partition coefficient (Wildman–Crippen LogP) is 3.10. The molecule has 0 fully saturated rings. The van der Waals surface area contributed by atoms with E-state index in [9.17, 15) is 0 Å². The summed E-state index contributed by atoms with van der Waals surface area (Å²) in [4.78, 5) is 8.19. The zero-order valence-corrected chi connectivity index (χ0v) is 13.1. The molecule has 0 aliphatic carbocycles. The van der Waals surface area contributed by atoms with Crippen LogP contribution in [0.1, 0.15) is 23.8 Å². The zero-order valence-electron chi connectivity index (χ0n) is 12.2. The summed E-state index contributed by atoms with van der Waals surface area (Å²) in [6.45, 7) is 3.10. The number of likely N-dealkylation sites (N-methyl/N-ethyl adjacent to an activating group) is 1. The maximum atomic E-state index is 6.08. The summed E-state index contributed by atoms with van der Waals surface area (Å²) in [5.41, 5.74) is 7.33. The monoisotopic (exact) mass is 289 g/mol. The quantitative estimate of drug-likeness (QED) is 0.851. The van der Waals surface area contributed by atoms with Crippen LogP contribution >= 0.6 is 11.3 Å². The average Bonchev–Trinajstić information content (AvgIpc) is 2.98. The summed E-state index contributed by atoms with van der Waals surface area (Å²) >= 11 is 1.81. The first-order valence-electron chi connectivity index (χ1n) is 7.13. The fourth-order valence-corrected chi connectivity index (χ4v) is 2.90. The van der Waals surface area contributed by atoms with Gasteiger partial charge in [0.15, 0.2) is 0 Å². The van der Waals surface area contributed by atoms with Gasteiger partial charge in [-0.05, 0) is 42.3 Å². The van der Waals surface area contributed by atoms with Crippen LogP contribution in [0.25, 0.3) is 0 Å². The third-order valence-electron chi connectivity index (χ3n) is 3.51. The lowest BCUT2D eigenvalue weighted by Gasteiger charge is -2.22. The first-order valence-corrected chi connectivity index (χ1v) is 8.01. The fraction of sp³-hybridized carbons (Fsp3) is 0.438. The molecule has 108 valence electrons. The molecule has 4 heteroatoms. The second kappa shape index (κ2) is 7.41. The van der Waals surface area contributed by atoms with Crippen molar-refractivity contribution < 1.29 is 0 Å². The molecule has 0 saturated heterocycles. The minimum absolute atomic E-state index is 0.212. The molecule has 2 aromatic rings. The highest BCUT2D eigenvalue weighted by Gasteiger charge is 2.11. The first kappa shape index (κ1) is 15.0. The molecule has 0 bridgehead atoms. The van der Waals surface area contributed by atoms with Crippen molar-refractivity contribution in [2.45, 2.75) is 32.2 Å². The highest BCUT2D eigenvalue weighted by atomic mass is 32.1. The molecule has 2 aromatic heterocycles. The fourth-order valence-electron chi connectivity index (χ4n) is 2.20. The van der Waals surface area contributed by atoms with Crippen LogP contribution in [0.5, 0.6) is 0 Å². The molecule has 1 atom stereocenters. The van der Waals surface area contributed by atoms with Crippen molar-refractivity contribution in [3.05, 3.63) is 46.3 Å². The van der Waals surface area contributed by atoms with E-state index in [2.05, 4.69) is 47.4 Å². The maximum Gasteiger partial charge on any atom is 0.131 e. The van der Waals surface area contributed by atoms with E-state index in [-0.39, 0.29) is 6.04 Å². The Morgan fingerprint density at radius 2 is 2.20 bits per heavy atom. The van der Waals surface area contributed by atoms with Crippen LogP contribution in [-0.4, -0.2) is 24.6 Å². The molecule has 0 aliphatic rings. The van der Waals surface area contributed by atoms with Crippen LogP contribution in [0, 0.1) is 0 Å². The van der Waals surface area contributed by atoms with Crippen LogP contribution in [0.4, 0.5) is 5.82 Å². The van der Waals surface area contributed by atoms with Gasteiger partial charge in [-0.1, -0.05) is 19.1 Å². The topological polar surface area (TPSA) is 42.1 Å². The number of anilines is 1. The third-order valence-corrected chi connectivity index (χ3v) is 4.45. The van der Waals surface area contributed by atoms with Crippen molar-refractivity contribution in [3.8, 4) is 0 Å². The molecule has 0 spiro atoms. The Kier molecular flexibility index (Phi) is 5.56. The molecule has 0 saturated carbocycles. The van der Waals surface area contributed by atoms with Gasteiger partial charge < -0.3 is 10.6 Å². The van der Waals surface area contributed by atoms with Gasteiger partial charge >= 0.3 is 0 Å². The molecular formula is C16H23N3S. The van der Waals surface area contributed by atoms with Crippen molar-refractivity contribution >= 4 is 17.2 Å². The van der Waals surface area contributed by atoms with Gasteiger partial charge in [-0.2, -0.15) is 0 Å². The number of thiophene rings is 1. The van der Waals surface area contributed by atoms with Crippen molar-refractivity contribution in [3.63, 3.8) is 0 Å². The highest BCUT2D eigenvalue weighted by Crippen LogP contribution is 2.19. The largest absolute Gasteiger partial charge is 0.359 e. The van der Waals surface area contributed by atoms with Gasteiger partial charge in [0.05, 0.1) is 0 Å². The second-order valence-electron chi connectivity index (χ2n) is 5.11. The predicted molar refractivity (Wildman–Crippen MR) is 87.5 cm³/mol. The molecule has 2 heterocycles. The van der Waals surface area contributed by atoms with Crippen LogP contribution in [0.15, 0.2) is 35.8 Å². The van der Waals surface area contributed by atoms with E-state index in [1.807, 2.05) is 23.6 Å². The van der Waals surface area contributed by atoms with Gasteiger partial charge in [0.1, 0.15) is 5.82 Å². The van der Waals surface area contributed by atoms with E-state index in [1.165, 1.54) is 10.4 Å². The summed E-state index contributed by atoms with van der Waals surface area (Å²) in [5.74, 6) is 1.06. The number of hydrogen-bond donors (Lipinski definition) is 1. The Morgan fingerprint density at radius 1 is 1.35 bits per heavy atom. The van der Waals surface area contributed by atoms with E-state index in [0.29, 0.717) is 0 Å². The smallest absolute Gasteiger partial charge is 0.131 e. The summed E-state index contributed by atoms with van der Waals surface area (Å²) < 4.78 is 0. The lowest BCUT2D eigenvalue weighted by atomic mass is 10.1. The number of rotatable bonds is 7. The van der Waals surface area contributed by atoms with E-state index in [4.69, 9.17) is 5.73 Å². The summed E-state index contributed by atoms with van der Waals surface area (Å²) in [6.07, 6.45) is 4.80. The second-order valence-corrected chi connectivity index (χ2v) is 6.14. The van der Waals surface area contributed by atoms with Crippen molar-refractivity contribution in [2.75, 3.05) is 18.5 Å². The molecule has 3 nitrogen and oxygen atoms in total. The molecule has 0 aliphatic heterocycles. The van der Waals surface area contributed by atoms with Crippen molar-refractivity contribution in [1.82, 2.24) is 4.98 Å². The van der Waals surface area contributed by atoms with Crippen molar-refractivity contribution in [1.29, 1.82) is 0 Å². The van der Waals surface area contributed by atoms with E-state index in [1.54, 1.807) is 0 Å². The van der Waals surface area contributed by atoms with Crippen molar-refractivity contribution in [2.24, 2.45) is 5.73 Å². The summed E-state index contributed by atoms with van der Waals surface area (Å²) in [7, 11) is 2.11. The SMILES string of the molecule is CCC(N)Cc1cccnc1N(C)CCc1cccs1. The van der Waals surface area contributed by atoms with Gasteiger partial charge in [-0.3, -0.25) is 0 Å². The molecule has 2 N–H and O–H groups in total. The van der Waals surface area contributed by atoms with Gasteiger partial charge in [-0.15, -0.1) is 11.3 Å². The molecule has 0 amide bonds. The van der Waals surface area contributed by atoms with Gasteiger partial charge in [0.2, 0.25) is 0 Å². The molecule has 20 heavy (non-hydrogen) atoms. The summed E-state index contributed by atoms with van der Waals surface area (Å²) in [5, 5.41) is 2.13. The average molecular weight is 289 g/mol. The lowest BCUT2D eigenvalue weighted by Crippen LogP contribution is -2.26. The van der Waals surface area contributed by atoms with E-state index in [0.717, 1.165) is 31.6 Å². The Hall–Kier alpha value is -1.39. The van der Waals surface area contributed by atoms with Gasteiger partial charge in [0.25, 0.3) is 0 Å². The standard InChI is InChI=1S/C16H23N3S/c1-3-14(17)12-13-6-4-9-18-16(13)19(2)10-8-15-7-5-11-20-15/h4-7,9,11,14H,3,8,10,12,17H2,1-2H3. The highest BCUT2D eigenvalue weighted by molar-refractivity contribution is 7.09. The Bertz CT molecular complexity index is 510. The van der Waals surface area contributed by atoms with E-state index < -0.39 is 0 Å². The number of pyridine rings is 1. The maximum absolute atomic E-state index is 6.08. The number of aromatic nitrogens is 1. The number of nitrogens with two attached hydrogens (primary N) is 1. The summed E-state index contributed by atoms with van der Waals surface area (Å²) in [6, 6.07) is 8.63. The van der Waals surface area contributed by atoms with Gasteiger partial charge in [-0.25, -0.2) is 4.98 Å². The number of hydrogen-bond acceptors (Lipinski definition) is 4. The van der Waals surface area contributed by atoms with Crippen LogP contribution in [-0.2, 0) is 12.8 Å². The van der Waals surface area contributed by atoms with E-state index >= 15 is 0 Å². The first-order chi connectivity index (χ1) is 9.70. The zero-order chi connectivity index (χ0) is 14.4. The minimum atomic E-state index is 0.212. The van der Waals surface area contributed by atoms with Gasteiger partial charge in [0, 0.05) is 30.7 Å². The lowest BCUT2D eigenvalue weighted by molar-refractivity contribution is 0.643. The Labute approximate surface area is 125 Å². The molecule has 1 unspecified atom stereocenters. The van der Waals surface area contributed by atoms with Crippen LogP contribution in [0.2, 0.25) is 0 Å². The number of nitrogens with zero attached hydrogens (tertiary/aromatic N) is 2. The minimum Gasteiger partial charge on any atom is -0.359 e. The Morgan fingerprint density at radius 3 is 2.90 bits per heavy atom. The van der Waals surface area contributed by atoms with Crippen LogP contribution < -0.4 is 10.6 Å². The van der Waals surface area contributed by atoms with Crippen LogP contribution in [0.3, 0.4) is 0 Å². The molecule has 2 rings (SSSR count). The normalized spacial score (nSPS) is 12.3. The molecular weight excluding hydrogens is 266 g/mol. The molecule has 0 aromatic carbocycles. The Balaban J connectivity index is 2.02. The molecule has 0 radical (unpaired) electrons. The third kappa shape index (κ3) is 4.05.